The van der Waals surface area contributed by atoms with E-state index >= 15 is 0 Å². The average molecular weight is 362 g/mol. The van der Waals surface area contributed by atoms with Gasteiger partial charge in [-0.05, 0) is 29.7 Å². The summed E-state index contributed by atoms with van der Waals surface area (Å²) in [5, 5.41) is 42.2. The zero-order valence-electron chi connectivity index (χ0n) is 15.2. The minimum absolute atomic E-state index is 0.131. The first-order chi connectivity index (χ1) is 12.2. The molecule has 0 spiro atoms. The molecule has 0 aliphatic heterocycles. The maximum atomic E-state index is 12.3. The molecule has 2 saturated carbocycles. The standard InChI is InChI=1S/C19H26N2O5/c1-10(16-15(23)8-13-17(16)19(13,2)3)20-14(9-22)18(24)11-4-6-12(7-5-11)21(25)26/h4-7,13-14,17-18,20-22,24-25H,8-9H2,1-3H3/b16-10+/t13-,14?,17-,18?/m1/s1. The zero-order chi connectivity index (χ0) is 19.2. The van der Waals surface area contributed by atoms with Crippen LogP contribution in [0, 0.1) is 22.5 Å². The van der Waals surface area contributed by atoms with E-state index in [4.69, 9.17) is 5.21 Å². The third-order valence-corrected chi connectivity index (χ3v) is 5.95. The van der Waals surface area contributed by atoms with E-state index in [1.165, 1.54) is 24.3 Å². The summed E-state index contributed by atoms with van der Waals surface area (Å²) in [5.41, 5.74) is 2.25. The molecule has 2 fully saturated rings. The van der Waals surface area contributed by atoms with E-state index < -0.39 is 17.4 Å². The van der Waals surface area contributed by atoms with Crippen LogP contribution in [0.4, 0.5) is 5.69 Å². The molecule has 0 radical (unpaired) electrons. The number of benzene rings is 1. The summed E-state index contributed by atoms with van der Waals surface area (Å²) in [4.78, 5) is 12.3. The lowest BCUT2D eigenvalue weighted by Gasteiger charge is -2.25. The Morgan fingerprint density at radius 3 is 2.50 bits per heavy atom. The fraction of sp³-hybridized carbons (Fsp3) is 0.526. The molecule has 0 saturated heterocycles. The Morgan fingerprint density at radius 2 is 2.00 bits per heavy atom. The van der Waals surface area contributed by atoms with Gasteiger partial charge in [0.2, 0.25) is 0 Å². The highest BCUT2D eigenvalue weighted by Crippen LogP contribution is 2.68. The molecule has 0 heterocycles. The van der Waals surface area contributed by atoms with Gasteiger partial charge in [0.25, 0.3) is 0 Å². The van der Waals surface area contributed by atoms with E-state index in [1.807, 2.05) is 6.92 Å². The van der Waals surface area contributed by atoms with Gasteiger partial charge in [-0.15, -0.1) is 0 Å². The molecule has 0 bridgehead atoms. The Kier molecular flexibility index (Phi) is 4.94. The van der Waals surface area contributed by atoms with Gasteiger partial charge < -0.3 is 20.7 Å². The number of fused-ring (bicyclic) bond motifs is 1. The van der Waals surface area contributed by atoms with Crippen molar-refractivity contribution in [2.45, 2.75) is 39.3 Å². The lowest BCUT2D eigenvalue weighted by atomic mass is 9.94. The molecule has 1 aromatic rings. The summed E-state index contributed by atoms with van der Waals surface area (Å²) in [6, 6.07) is 5.20. The van der Waals surface area contributed by atoms with Gasteiger partial charge in [-0.2, -0.15) is 5.23 Å². The topological polar surface area (TPSA) is 117 Å². The van der Waals surface area contributed by atoms with E-state index in [0.29, 0.717) is 23.6 Å². The molecule has 5 N–H and O–H groups in total. The first kappa shape index (κ1) is 19.0. The lowest BCUT2D eigenvalue weighted by molar-refractivity contribution is -0.991. The van der Waals surface area contributed by atoms with Crippen molar-refractivity contribution in [1.82, 2.24) is 5.32 Å². The minimum atomic E-state index is -1.04. The normalized spacial score (nSPS) is 29.0. The summed E-state index contributed by atoms with van der Waals surface area (Å²) in [6.07, 6.45) is -0.465. The number of hydrogen-bond donors (Lipinski definition) is 5. The molecule has 2 aliphatic rings. The third kappa shape index (κ3) is 3.17. The van der Waals surface area contributed by atoms with Crippen molar-refractivity contribution < 1.29 is 25.4 Å². The molecule has 142 valence electrons. The summed E-state index contributed by atoms with van der Waals surface area (Å²) in [7, 11) is 0. The van der Waals surface area contributed by atoms with E-state index in [1.54, 1.807) is 0 Å². The number of aliphatic hydroxyl groups excluding tert-OH is 2. The molecule has 26 heavy (non-hydrogen) atoms. The quantitative estimate of drug-likeness (QED) is 0.374. The van der Waals surface area contributed by atoms with Crippen LogP contribution in [-0.4, -0.2) is 33.9 Å². The van der Waals surface area contributed by atoms with E-state index in [9.17, 15) is 20.2 Å². The van der Waals surface area contributed by atoms with Crippen LogP contribution in [0.15, 0.2) is 35.5 Å². The van der Waals surface area contributed by atoms with Gasteiger partial charge in [0.1, 0.15) is 6.10 Å². The second-order valence-electron chi connectivity index (χ2n) is 7.88. The Morgan fingerprint density at radius 1 is 1.38 bits per heavy atom. The van der Waals surface area contributed by atoms with Crippen molar-refractivity contribution in [2.24, 2.45) is 17.3 Å². The van der Waals surface area contributed by atoms with Gasteiger partial charge in [-0.1, -0.05) is 26.0 Å². The Labute approximate surface area is 152 Å². The van der Waals surface area contributed by atoms with Crippen LogP contribution in [0.5, 0.6) is 0 Å². The van der Waals surface area contributed by atoms with Crippen LogP contribution in [0.1, 0.15) is 38.9 Å². The second-order valence-corrected chi connectivity index (χ2v) is 7.88. The van der Waals surface area contributed by atoms with Gasteiger partial charge in [0.15, 0.2) is 11.5 Å². The smallest absolute Gasteiger partial charge is 0.163 e. The number of aliphatic hydroxyl groups is 2. The zero-order valence-corrected chi connectivity index (χ0v) is 15.2. The molecule has 0 aromatic heterocycles. The summed E-state index contributed by atoms with van der Waals surface area (Å²) in [5.74, 6) is 0.776. The molecule has 0 amide bonds. The van der Waals surface area contributed by atoms with Crippen molar-refractivity contribution >= 4 is 11.5 Å². The SMILES string of the molecule is C/C(NC(CO)C(O)c1ccc([NH+]([O-])O)cc1)=C1/C(=O)C[C@@H]2[C@H]1C2(C)C. The van der Waals surface area contributed by atoms with Crippen molar-refractivity contribution in [3.05, 3.63) is 46.3 Å². The number of Topliss-reactive ketones (excluding diaryl/α,β-unsaturated/α-hetero) is 1. The van der Waals surface area contributed by atoms with Crippen molar-refractivity contribution in [1.29, 1.82) is 0 Å². The predicted octanol–water partition coefficient (Wildman–Crippen LogP) is 0.593. The maximum Gasteiger partial charge on any atom is 0.163 e. The number of hydrogen-bond acceptors (Lipinski definition) is 6. The second kappa shape index (κ2) is 6.75. The molecular weight excluding hydrogens is 336 g/mol. The largest absolute Gasteiger partial charge is 0.595 e. The van der Waals surface area contributed by atoms with Gasteiger partial charge in [-0.3, -0.25) is 4.79 Å². The highest BCUT2D eigenvalue weighted by molar-refractivity contribution is 6.01. The number of quaternary nitrogens is 1. The van der Waals surface area contributed by atoms with Crippen LogP contribution in [0.2, 0.25) is 0 Å². The molecule has 5 atom stereocenters. The number of allylic oxidation sites excluding steroid dienone is 2. The Bertz CT molecular complexity index is 726. The third-order valence-electron chi connectivity index (χ3n) is 5.95. The molecule has 2 aliphatic carbocycles. The Hall–Kier alpha value is -1.77. The number of ketones is 1. The summed E-state index contributed by atoms with van der Waals surface area (Å²) < 4.78 is 0. The van der Waals surface area contributed by atoms with Crippen molar-refractivity contribution in [3.63, 3.8) is 0 Å². The van der Waals surface area contributed by atoms with E-state index in [2.05, 4.69) is 19.2 Å². The molecule has 1 aromatic carbocycles. The van der Waals surface area contributed by atoms with Gasteiger partial charge in [0.05, 0.1) is 12.6 Å². The molecule has 7 heteroatoms. The number of nitrogens with one attached hydrogen (secondary N) is 2. The van der Waals surface area contributed by atoms with Gasteiger partial charge >= 0.3 is 0 Å². The molecule has 3 unspecified atom stereocenters. The number of carbonyl (C=O) groups excluding carboxylic acids is 1. The molecule has 3 rings (SSSR count). The van der Waals surface area contributed by atoms with Crippen LogP contribution >= 0.6 is 0 Å². The van der Waals surface area contributed by atoms with Crippen LogP contribution < -0.4 is 10.5 Å². The predicted molar refractivity (Wildman–Crippen MR) is 94.3 cm³/mol. The van der Waals surface area contributed by atoms with E-state index in [-0.39, 0.29) is 29.4 Å². The fourth-order valence-electron chi connectivity index (χ4n) is 4.26. The fourth-order valence-corrected chi connectivity index (χ4v) is 4.26. The van der Waals surface area contributed by atoms with Crippen molar-refractivity contribution in [2.75, 3.05) is 6.61 Å². The monoisotopic (exact) mass is 362 g/mol. The van der Waals surface area contributed by atoms with E-state index in [0.717, 1.165) is 5.57 Å². The first-order valence-corrected chi connectivity index (χ1v) is 8.81. The summed E-state index contributed by atoms with van der Waals surface area (Å²) >= 11 is 0. The minimum Gasteiger partial charge on any atom is -0.595 e. The summed E-state index contributed by atoms with van der Waals surface area (Å²) in [6.45, 7) is 5.81. The highest BCUT2D eigenvalue weighted by Gasteiger charge is 2.65. The Balaban J connectivity index is 1.76. The maximum absolute atomic E-state index is 12.3. The van der Waals surface area contributed by atoms with Gasteiger partial charge in [-0.25, -0.2) is 5.21 Å². The van der Waals surface area contributed by atoms with Crippen LogP contribution in [0.25, 0.3) is 0 Å². The van der Waals surface area contributed by atoms with Gasteiger partial charge in [0, 0.05) is 29.8 Å². The highest BCUT2D eigenvalue weighted by atomic mass is 16.8. The lowest BCUT2D eigenvalue weighted by Crippen LogP contribution is -2.99. The molecule has 7 nitrogen and oxygen atoms in total. The first-order valence-electron chi connectivity index (χ1n) is 8.81. The number of rotatable bonds is 6. The van der Waals surface area contributed by atoms with Crippen LogP contribution in [0.3, 0.4) is 0 Å². The number of carbonyl (C=O) groups is 1. The molecular formula is C19H26N2O5. The van der Waals surface area contributed by atoms with Crippen LogP contribution in [-0.2, 0) is 4.79 Å². The van der Waals surface area contributed by atoms with Crippen molar-refractivity contribution in [3.8, 4) is 0 Å². The average Bonchev–Trinajstić information content (AvgIpc) is 2.94.